The van der Waals surface area contributed by atoms with Crippen LogP contribution in [0.2, 0.25) is 0 Å². The average Bonchev–Trinajstić information content (AvgIpc) is 2.85. The molecule has 0 unspecified atom stereocenters. The molecule has 0 bridgehead atoms. The summed E-state index contributed by atoms with van der Waals surface area (Å²) in [6, 6.07) is 7.48. The number of hydrogen-bond acceptors (Lipinski definition) is 4. The molecule has 1 aromatic heterocycles. The van der Waals surface area contributed by atoms with E-state index in [0.717, 1.165) is 5.69 Å². The summed E-state index contributed by atoms with van der Waals surface area (Å²) in [6.07, 6.45) is 2.36. The molecule has 0 fully saturated rings. The highest BCUT2D eigenvalue weighted by Crippen LogP contribution is 2.25. The first-order valence-electron chi connectivity index (χ1n) is 6.25. The summed E-state index contributed by atoms with van der Waals surface area (Å²) in [5, 5.41) is 7.05. The fourth-order valence-electron chi connectivity index (χ4n) is 1.88. The number of hydrogen-bond donors (Lipinski definition) is 1. The minimum atomic E-state index is -4.61. The molecule has 1 N–H and O–H groups in total. The molecule has 2 aromatic rings. The predicted octanol–water partition coefficient (Wildman–Crippen LogP) is 2.07. The number of nitrogens with zero attached hydrogens (tertiary/aromatic N) is 2. The Morgan fingerprint density at radius 1 is 1.29 bits per heavy atom. The molecule has 1 aromatic carbocycles. The summed E-state index contributed by atoms with van der Waals surface area (Å²) in [5.74, 6) is -3.43. The molecule has 0 saturated carbocycles. The van der Waals surface area contributed by atoms with Crippen LogP contribution in [0.1, 0.15) is 5.69 Å². The zero-order chi connectivity index (χ0) is 15.5. The number of rotatable bonds is 6. The van der Waals surface area contributed by atoms with Gasteiger partial charge in [-0.2, -0.15) is 13.9 Å². The maximum atomic E-state index is 12.6. The Morgan fingerprint density at radius 3 is 2.62 bits per heavy atom. The van der Waals surface area contributed by atoms with Crippen LogP contribution in [-0.2, 0) is 23.3 Å². The van der Waals surface area contributed by atoms with Crippen molar-refractivity contribution >= 4 is 15.5 Å². The molecule has 0 aliphatic carbocycles. The Balaban J connectivity index is 2.10. The fraction of sp³-hybridized carbons (Fsp3) is 0.308. The van der Waals surface area contributed by atoms with Gasteiger partial charge in [-0.15, -0.1) is 0 Å². The van der Waals surface area contributed by atoms with E-state index in [2.05, 4.69) is 10.4 Å². The number of halogens is 2. The third-order valence-corrected chi connectivity index (χ3v) is 4.33. The average molecular weight is 315 g/mol. The SMILES string of the molecule is Cn1ccc(CCNc2ccccc2S(=O)(=O)C(F)F)n1. The molecule has 1 heterocycles. The molecule has 0 saturated heterocycles. The Hall–Kier alpha value is -1.96. The largest absolute Gasteiger partial charge is 0.384 e. The first-order valence-corrected chi connectivity index (χ1v) is 7.79. The van der Waals surface area contributed by atoms with Crippen LogP contribution in [0.3, 0.4) is 0 Å². The summed E-state index contributed by atoms with van der Waals surface area (Å²) in [4.78, 5) is -0.388. The van der Waals surface area contributed by atoms with Crippen molar-refractivity contribution < 1.29 is 17.2 Å². The summed E-state index contributed by atoms with van der Waals surface area (Å²) in [7, 11) is -2.82. The van der Waals surface area contributed by atoms with Crippen molar-refractivity contribution in [3.8, 4) is 0 Å². The van der Waals surface area contributed by atoms with E-state index in [9.17, 15) is 17.2 Å². The standard InChI is InChI=1S/C13H15F2N3O2S/c1-18-9-7-10(17-18)6-8-16-11-4-2-3-5-12(11)21(19,20)13(14)15/h2-5,7,9,13,16H,6,8H2,1H3. The number of benzene rings is 1. The van der Waals surface area contributed by atoms with Gasteiger partial charge in [-0.3, -0.25) is 4.68 Å². The van der Waals surface area contributed by atoms with E-state index >= 15 is 0 Å². The van der Waals surface area contributed by atoms with Gasteiger partial charge in [0, 0.05) is 26.2 Å². The molecule has 8 heteroatoms. The molecule has 0 atom stereocenters. The lowest BCUT2D eigenvalue weighted by atomic mass is 10.3. The van der Waals surface area contributed by atoms with Gasteiger partial charge in [0.25, 0.3) is 0 Å². The van der Waals surface area contributed by atoms with Crippen LogP contribution in [0.25, 0.3) is 0 Å². The minimum Gasteiger partial charge on any atom is -0.384 e. The zero-order valence-electron chi connectivity index (χ0n) is 11.3. The quantitative estimate of drug-likeness (QED) is 0.886. The predicted molar refractivity (Wildman–Crippen MR) is 75.0 cm³/mol. The van der Waals surface area contributed by atoms with Crippen molar-refractivity contribution in [2.75, 3.05) is 11.9 Å². The molecule has 2 rings (SSSR count). The van der Waals surface area contributed by atoms with Gasteiger partial charge < -0.3 is 5.32 Å². The van der Waals surface area contributed by atoms with Crippen molar-refractivity contribution in [3.63, 3.8) is 0 Å². The van der Waals surface area contributed by atoms with Gasteiger partial charge in [-0.1, -0.05) is 12.1 Å². The lowest BCUT2D eigenvalue weighted by Gasteiger charge is -2.11. The monoisotopic (exact) mass is 315 g/mol. The molecule has 0 radical (unpaired) electrons. The van der Waals surface area contributed by atoms with Crippen LogP contribution in [0.15, 0.2) is 41.4 Å². The molecule has 0 aliphatic rings. The van der Waals surface area contributed by atoms with E-state index in [4.69, 9.17) is 0 Å². The normalized spacial score (nSPS) is 11.8. The highest BCUT2D eigenvalue weighted by atomic mass is 32.2. The van der Waals surface area contributed by atoms with Crippen LogP contribution in [0.4, 0.5) is 14.5 Å². The van der Waals surface area contributed by atoms with Gasteiger partial charge in [-0.25, -0.2) is 8.42 Å². The number of alkyl halides is 2. The number of aromatic nitrogens is 2. The van der Waals surface area contributed by atoms with Crippen LogP contribution < -0.4 is 5.32 Å². The maximum Gasteiger partial charge on any atom is 0.341 e. The molecule has 0 spiro atoms. The molecule has 5 nitrogen and oxygen atoms in total. The number of para-hydroxylation sites is 1. The highest BCUT2D eigenvalue weighted by Gasteiger charge is 2.28. The molecular weight excluding hydrogens is 300 g/mol. The second kappa shape index (κ2) is 6.21. The zero-order valence-corrected chi connectivity index (χ0v) is 12.1. The van der Waals surface area contributed by atoms with Gasteiger partial charge in [0.2, 0.25) is 9.84 Å². The van der Waals surface area contributed by atoms with E-state index in [1.165, 1.54) is 18.2 Å². The van der Waals surface area contributed by atoms with Crippen molar-refractivity contribution in [2.24, 2.45) is 7.05 Å². The smallest absolute Gasteiger partial charge is 0.341 e. The summed E-state index contributed by atoms with van der Waals surface area (Å²) >= 11 is 0. The van der Waals surface area contributed by atoms with Crippen molar-refractivity contribution in [2.45, 2.75) is 17.1 Å². The third-order valence-electron chi connectivity index (χ3n) is 2.89. The van der Waals surface area contributed by atoms with Gasteiger partial charge in [-0.05, 0) is 18.2 Å². The lowest BCUT2D eigenvalue weighted by molar-refractivity contribution is 0.235. The Kier molecular flexibility index (Phi) is 4.56. The van der Waals surface area contributed by atoms with E-state index in [-0.39, 0.29) is 10.6 Å². The molecule has 0 amide bonds. The van der Waals surface area contributed by atoms with Gasteiger partial charge in [0.05, 0.1) is 16.3 Å². The highest BCUT2D eigenvalue weighted by molar-refractivity contribution is 7.91. The maximum absolute atomic E-state index is 12.6. The van der Waals surface area contributed by atoms with Crippen LogP contribution >= 0.6 is 0 Å². The van der Waals surface area contributed by atoms with E-state index in [1.807, 2.05) is 6.07 Å². The van der Waals surface area contributed by atoms with Crippen LogP contribution in [-0.4, -0.2) is 30.5 Å². The first kappa shape index (κ1) is 15.4. The number of nitrogens with one attached hydrogen (secondary N) is 1. The van der Waals surface area contributed by atoms with Gasteiger partial charge in [0.1, 0.15) is 0 Å². The lowest BCUT2D eigenvalue weighted by Crippen LogP contribution is -2.15. The summed E-state index contributed by atoms with van der Waals surface area (Å²) in [6.45, 7) is 0.396. The minimum absolute atomic E-state index is 0.175. The first-order chi connectivity index (χ1) is 9.91. The topological polar surface area (TPSA) is 64.0 Å². The van der Waals surface area contributed by atoms with Gasteiger partial charge in [0.15, 0.2) is 0 Å². The molecule has 21 heavy (non-hydrogen) atoms. The second-order valence-corrected chi connectivity index (χ2v) is 6.35. The Labute approximate surface area is 121 Å². The van der Waals surface area contributed by atoms with Crippen molar-refractivity contribution in [1.29, 1.82) is 0 Å². The number of anilines is 1. The Morgan fingerprint density at radius 2 is 2.00 bits per heavy atom. The van der Waals surface area contributed by atoms with Crippen molar-refractivity contribution in [1.82, 2.24) is 9.78 Å². The van der Waals surface area contributed by atoms with Crippen molar-refractivity contribution in [3.05, 3.63) is 42.2 Å². The molecule has 0 aliphatic heterocycles. The summed E-state index contributed by atoms with van der Waals surface area (Å²) < 4.78 is 50.1. The van der Waals surface area contributed by atoms with E-state index in [1.54, 1.807) is 24.0 Å². The van der Waals surface area contributed by atoms with Gasteiger partial charge >= 0.3 is 5.76 Å². The second-order valence-electron chi connectivity index (χ2n) is 4.46. The van der Waals surface area contributed by atoms with E-state index < -0.39 is 15.6 Å². The summed E-state index contributed by atoms with van der Waals surface area (Å²) in [5.41, 5.74) is 1.01. The van der Waals surface area contributed by atoms with E-state index in [0.29, 0.717) is 13.0 Å². The Bertz CT molecular complexity index is 714. The fourth-order valence-corrected chi connectivity index (χ4v) is 2.79. The molecule has 114 valence electrons. The third kappa shape index (κ3) is 3.57. The van der Waals surface area contributed by atoms with Crippen LogP contribution in [0.5, 0.6) is 0 Å². The number of sulfone groups is 1. The number of aryl methyl sites for hydroxylation is 1. The molecular formula is C13H15F2N3O2S. The van der Waals surface area contributed by atoms with Crippen LogP contribution in [0, 0.1) is 0 Å².